The van der Waals surface area contributed by atoms with Crippen molar-refractivity contribution < 1.29 is 28.6 Å². The lowest BCUT2D eigenvalue weighted by molar-refractivity contribution is -0.167. The van der Waals surface area contributed by atoms with E-state index in [2.05, 4.69) is 130 Å². The van der Waals surface area contributed by atoms with Crippen molar-refractivity contribution in [3.05, 3.63) is 109 Å². The number of rotatable bonds is 60. The monoisotopic (exact) mass is 1100 g/mol. The minimum absolute atomic E-state index is 0.109. The van der Waals surface area contributed by atoms with Gasteiger partial charge in [0.15, 0.2) is 6.10 Å². The van der Waals surface area contributed by atoms with Gasteiger partial charge in [-0.3, -0.25) is 14.4 Å². The summed E-state index contributed by atoms with van der Waals surface area (Å²) >= 11 is 0. The molecule has 0 fully saturated rings. The van der Waals surface area contributed by atoms with Crippen LogP contribution in [0.5, 0.6) is 0 Å². The van der Waals surface area contributed by atoms with Crippen LogP contribution in [0.4, 0.5) is 0 Å². The van der Waals surface area contributed by atoms with Gasteiger partial charge in [-0.1, -0.05) is 291 Å². The third-order valence-corrected chi connectivity index (χ3v) is 14.2. The Morgan fingerprint density at radius 2 is 0.506 bits per heavy atom. The molecular formula is C73H124O6. The number of ether oxygens (including phenoxy) is 3. The highest BCUT2D eigenvalue weighted by Gasteiger charge is 2.19. The predicted molar refractivity (Wildman–Crippen MR) is 343 cm³/mol. The molecule has 0 saturated heterocycles. The Balaban J connectivity index is 4.24. The van der Waals surface area contributed by atoms with Crippen LogP contribution < -0.4 is 0 Å². The van der Waals surface area contributed by atoms with Crippen molar-refractivity contribution in [3.63, 3.8) is 0 Å². The van der Waals surface area contributed by atoms with Gasteiger partial charge in [0.2, 0.25) is 0 Å². The molecule has 452 valence electrons. The quantitative estimate of drug-likeness (QED) is 0.0261. The van der Waals surface area contributed by atoms with Crippen molar-refractivity contribution in [1.29, 1.82) is 0 Å². The lowest BCUT2D eigenvalue weighted by atomic mass is 10.0. The van der Waals surface area contributed by atoms with Gasteiger partial charge in [-0.15, -0.1) is 0 Å². The van der Waals surface area contributed by atoms with Crippen molar-refractivity contribution >= 4 is 17.9 Å². The molecule has 1 atom stereocenters. The van der Waals surface area contributed by atoms with E-state index < -0.39 is 6.10 Å². The number of unbranched alkanes of at least 4 members (excludes halogenated alkanes) is 31. The first-order valence-corrected chi connectivity index (χ1v) is 33.4. The fraction of sp³-hybridized carbons (Fsp3) is 0.712. The first kappa shape index (κ1) is 75.1. The fourth-order valence-electron chi connectivity index (χ4n) is 9.31. The molecule has 0 aromatic rings. The van der Waals surface area contributed by atoms with Crippen LogP contribution in [0.15, 0.2) is 109 Å². The van der Waals surface area contributed by atoms with E-state index in [9.17, 15) is 14.4 Å². The summed E-state index contributed by atoms with van der Waals surface area (Å²) in [4.78, 5) is 38.2. The van der Waals surface area contributed by atoms with Crippen LogP contribution in [-0.2, 0) is 28.6 Å². The maximum absolute atomic E-state index is 12.9. The van der Waals surface area contributed by atoms with Crippen LogP contribution in [0, 0.1) is 0 Å². The van der Waals surface area contributed by atoms with Gasteiger partial charge >= 0.3 is 17.9 Å². The largest absolute Gasteiger partial charge is 0.462 e. The van der Waals surface area contributed by atoms with E-state index in [-0.39, 0.29) is 37.5 Å². The van der Waals surface area contributed by atoms with Gasteiger partial charge in [-0.05, 0) is 116 Å². The predicted octanol–water partition coefficient (Wildman–Crippen LogP) is 23.0. The zero-order chi connectivity index (χ0) is 57.1. The molecule has 0 aromatic heterocycles. The first-order chi connectivity index (χ1) is 39.0. The third kappa shape index (κ3) is 64.8. The van der Waals surface area contributed by atoms with Gasteiger partial charge in [-0.25, -0.2) is 0 Å². The lowest BCUT2D eigenvalue weighted by Crippen LogP contribution is -2.30. The lowest BCUT2D eigenvalue weighted by Gasteiger charge is -2.18. The summed E-state index contributed by atoms with van der Waals surface area (Å²) in [6.45, 7) is 6.36. The second kappa shape index (κ2) is 66.6. The van der Waals surface area contributed by atoms with Crippen LogP contribution in [0.1, 0.15) is 316 Å². The van der Waals surface area contributed by atoms with E-state index in [4.69, 9.17) is 14.2 Å². The molecule has 1 unspecified atom stereocenters. The molecule has 0 spiro atoms. The normalized spacial score (nSPS) is 12.8. The number of esters is 3. The van der Waals surface area contributed by atoms with E-state index in [1.54, 1.807) is 0 Å². The highest BCUT2D eigenvalue weighted by atomic mass is 16.6. The molecule has 0 amide bonds. The van der Waals surface area contributed by atoms with Crippen LogP contribution in [-0.4, -0.2) is 37.2 Å². The summed E-state index contributed by atoms with van der Waals surface area (Å²) in [5.41, 5.74) is 0. The number of hydrogen-bond acceptors (Lipinski definition) is 6. The number of carbonyl (C=O) groups is 3. The summed E-state index contributed by atoms with van der Waals surface area (Å²) in [7, 11) is 0. The summed E-state index contributed by atoms with van der Waals surface area (Å²) in [5, 5.41) is 0. The van der Waals surface area contributed by atoms with Crippen molar-refractivity contribution in [3.8, 4) is 0 Å². The number of hydrogen-bond donors (Lipinski definition) is 0. The van der Waals surface area contributed by atoms with E-state index in [1.807, 2.05) is 0 Å². The van der Waals surface area contributed by atoms with Crippen molar-refractivity contribution in [1.82, 2.24) is 0 Å². The standard InChI is InChI=1S/C73H124O6/c1-4-7-10-13-16-19-22-25-27-29-30-31-32-33-34-35-36-37-38-39-40-41-42-44-45-48-51-54-57-60-63-66-72(75)78-69-70(68-77-71(74)65-62-59-56-53-50-47-24-21-18-15-12-9-6-3)79-73(76)67-64-61-58-55-52-49-46-43-28-26-23-20-17-14-11-8-5-2/h8-9,11-12,17-18,20-21,26,28-30,46-47,49-50,55,58,70H,4-7,10,13-16,19,22-25,27,31-45,48,51-54,56-57,59-69H2,1-3H3/b11-8-,12-9-,20-17-,21-18-,28-26-,30-29-,49-46-,50-47-,58-55-. The molecule has 0 aliphatic rings. The summed E-state index contributed by atoms with van der Waals surface area (Å²) in [6, 6.07) is 0. The minimum atomic E-state index is -0.822. The Bertz CT molecular complexity index is 1590. The Kier molecular flexibility index (Phi) is 63.3. The molecule has 0 saturated carbocycles. The van der Waals surface area contributed by atoms with Gasteiger partial charge in [0.25, 0.3) is 0 Å². The topological polar surface area (TPSA) is 78.9 Å². The van der Waals surface area contributed by atoms with E-state index in [0.29, 0.717) is 19.3 Å². The first-order valence-electron chi connectivity index (χ1n) is 33.4. The molecule has 0 bridgehead atoms. The minimum Gasteiger partial charge on any atom is -0.462 e. The van der Waals surface area contributed by atoms with Gasteiger partial charge in [0.05, 0.1) is 0 Å². The Morgan fingerprint density at radius 3 is 0.835 bits per heavy atom. The van der Waals surface area contributed by atoms with E-state index in [0.717, 1.165) is 103 Å². The van der Waals surface area contributed by atoms with Crippen molar-refractivity contribution in [2.24, 2.45) is 0 Å². The third-order valence-electron chi connectivity index (χ3n) is 14.2. The summed E-state index contributed by atoms with van der Waals surface area (Å²) < 4.78 is 16.8. The average molecular weight is 1100 g/mol. The van der Waals surface area contributed by atoms with Gasteiger partial charge in [0, 0.05) is 19.3 Å². The second-order valence-corrected chi connectivity index (χ2v) is 22.0. The van der Waals surface area contributed by atoms with E-state index >= 15 is 0 Å². The van der Waals surface area contributed by atoms with Gasteiger partial charge in [0.1, 0.15) is 13.2 Å². The maximum Gasteiger partial charge on any atom is 0.306 e. The Labute approximate surface area is 489 Å². The molecule has 0 rings (SSSR count). The Hall–Kier alpha value is -3.93. The van der Waals surface area contributed by atoms with Crippen LogP contribution in [0.25, 0.3) is 0 Å². The van der Waals surface area contributed by atoms with E-state index in [1.165, 1.54) is 167 Å². The highest BCUT2D eigenvalue weighted by molar-refractivity contribution is 5.71. The van der Waals surface area contributed by atoms with Crippen LogP contribution in [0.2, 0.25) is 0 Å². The molecule has 0 aliphatic heterocycles. The van der Waals surface area contributed by atoms with Gasteiger partial charge in [-0.2, -0.15) is 0 Å². The fourth-order valence-corrected chi connectivity index (χ4v) is 9.31. The summed E-state index contributed by atoms with van der Waals surface area (Å²) in [5.74, 6) is -0.992. The Morgan fingerprint density at radius 1 is 0.266 bits per heavy atom. The smallest absolute Gasteiger partial charge is 0.306 e. The molecule has 0 aromatic carbocycles. The second-order valence-electron chi connectivity index (χ2n) is 22.0. The van der Waals surface area contributed by atoms with Crippen molar-refractivity contribution in [2.75, 3.05) is 13.2 Å². The zero-order valence-corrected chi connectivity index (χ0v) is 51.9. The molecule has 0 radical (unpaired) electrons. The molecule has 0 heterocycles. The number of carbonyl (C=O) groups excluding carboxylic acids is 3. The molecule has 79 heavy (non-hydrogen) atoms. The molecule has 6 heteroatoms. The highest BCUT2D eigenvalue weighted by Crippen LogP contribution is 2.17. The SMILES string of the molecule is CC/C=C\C/C=C\C/C=C\C/C=C\C/C=C\CCCC(=O)OC(COC(=O)CCCCC/C=C\C/C=C\C/C=C\CC)COC(=O)CCCCCCCCCCCCCCCCCCCCC/C=C\CCCCCCCCCC. The van der Waals surface area contributed by atoms with Crippen molar-refractivity contribution in [2.45, 2.75) is 322 Å². The van der Waals surface area contributed by atoms with Crippen LogP contribution in [0.3, 0.4) is 0 Å². The molecule has 0 aliphatic carbocycles. The summed E-state index contributed by atoms with van der Waals surface area (Å²) in [6.07, 6.45) is 91.4. The average Bonchev–Trinajstić information content (AvgIpc) is 3.45. The molecule has 0 N–H and O–H groups in total. The number of allylic oxidation sites excluding steroid dienone is 18. The van der Waals surface area contributed by atoms with Gasteiger partial charge < -0.3 is 14.2 Å². The maximum atomic E-state index is 12.9. The van der Waals surface area contributed by atoms with Crippen LogP contribution >= 0.6 is 0 Å². The molecule has 6 nitrogen and oxygen atoms in total. The zero-order valence-electron chi connectivity index (χ0n) is 51.9. The molecular weight excluding hydrogens is 973 g/mol.